The molecule has 4 amide bonds. The van der Waals surface area contributed by atoms with Crippen molar-refractivity contribution < 1.29 is 24.3 Å². The Morgan fingerprint density at radius 1 is 1.33 bits per heavy atom. The molecule has 2 unspecified atom stereocenters. The van der Waals surface area contributed by atoms with Crippen molar-refractivity contribution in [1.29, 1.82) is 0 Å². The van der Waals surface area contributed by atoms with E-state index in [-0.39, 0.29) is 24.5 Å². The molecule has 0 bridgehead atoms. The number of carbonyl (C=O) groups excluding carboxylic acids is 3. The summed E-state index contributed by atoms with van der Waals surface area (Å²) in [5.41, 5.74) is 12.3. The molecule has 1 aromatic rings. The van der Waals surface area contributed by atoms with Crippen molar-refractivity contribution in [2.24, 2.45) is 11.5 Å². The van der Waals surface area contributed by atoms with Crippen LogP contribution >= 0.6 is 23.5 Å². The van der Waals surface area contributed by atoms with E-state index >= 15 is 0 Å². The minimum atomic E-state index is -1.23. The molecule has 1 saturated heterocycles. The smallest absolute Gasteiger partial charge is 0.352 e. The summed E-state index contributed by atoms with van der Waals surface area (Å²) >= 11 is 2.58. The molecule has 3 heterocycles. The van der Waals surface area contributed by atoms with Gasteiger partial charge in [0, 0.05) is 18.1 Å². The number of allylic oxidation sites excluding steroid dienone is 3. The van der Waals surface area contributed by atoms with Gasteiger partial charge in [-0.15, -0.1) is 16.9 Å². The van der Waals surface area contributed by atoms with Gasteiger partial charge in [-0.3, -0.25) is 14.5 Å². The molecule has 14 nitrogen and oxygen atoms in total. The molecule has 2 aliphatic heterocycles. The maximum atomic E-state index is 12.9. The maximum absolute atomic E-state index is 12.9. The normalized spacial score (nSPS) is 21.9. The lowest BCUT2D eigenvalue weighted by Crippen LogP contribution is -2.71. The number of carboxylic acids is 1. The van der Waals surface area contributed by atoms with Gasteiger partial charge in [-0.2, -0.15) is 0 Å². The van der Waals surface area contributed by atoms with E-state index in [1.807, 2.05) is 18.2 Å². The van der Waals surface area contributed by atoms with E-state index < -0.39 is 41.3 Å². The van der Waals surface area contributed by atoms with Crippen LogP contribution < -0.4 is 22.1 Å². The second-order valence-corrected chi connectivity index (χ2v) is 10.1. The van der Waals surface area contributed by atoms with Crippen molar-refractivity contribution in [3.63, 3.8) is 0 Å². The number of β-lactam (4-membered cyclic amide) rings is 1. The van der Waals surface area contributed by atoms with Crippen LogP contribution in [-0.4, -0.2) is 89.5 Å². The fourth-order valence-electron chi connectivity index (χ4n) is 3.95. The molecule has 3 aliphatic rings. The zero-order valence-corrected chi connectivity index (χ0v) is 20.6. The Balaban J connectivity index is 1.40. The van der Waals surface area contributed by atoms with Crippen LogP contribution in [0.1, 0.15) is 12.8 Å². The molecule has 1 aliphatic carbocycles. The SMILES string of the molecule is NC(=O)NCCn1nnnc1SCC1=C(C(=O)O)N2C(=O)C(NC(=O)C(N)C3=CCC=CC3)[C@H]2SC1. The van der Waals surface area contributed by atoms with Crippen LogP contribution in [0.5, 0.6) is 0 Å². The molecule has 4 rings (SSSR count). The number of carboxylic acid groups (broad SMARTS) is 1. The van der Waals surface area contributed by atoms with Crippen LogP contribution in [0.3, 0.4) is 0 Å². The van der Waals surface area contributed by atoms with E-state index in [9.17, 15) is 24.3 Å². The van der Waals surface area contributed by atoms with Crippen molar-refractivity contribution in [1.82, 2.24) is 35.7 Å². The van der Waals surface area contributed by atoms with E-state index in [0.717, 1.165) is 5.57 Å². The molecule has 16 heteroatoms. The minimum absolute atomic E-state index is 0.0967. The summed E-state index contributed by atoms with van der Waals surface area (Å²) in [7, 11) is 0. The van der Waals surface area contributed by atoms with Gasteiger partial charge >= 0.3 is 12.0 Å². The van der Waals surface area contributed by atoms with Gasteiger partial charge in [0.25, 0.3) is 5.91 Å². The predicted molar refractivity (Wildman–Crippen MR) is 130 cm³/mol. The summed E-state index contributed by atoms with van der Waals surface area (Å²) in [4.78, 5) is 49.7. The average Bonchev–Trinajstić information content (AvgIpc) is 3.32. The first-order valence-corrected chi connectivity index (χ1v) is 13.0. The number of urea groups is 1. The Labute approximate surface area is 213 Å². The van der Waals surface area contributed by atoms with Gasteiger partial charge in [0.15, 0.2) is 0 Å². The minimum Gasteiger partial charge on any atom is -0.477 e. The zero-order chi connectivity index (χ0) is 25.8. The Hall–Kier alpha value is -3.37. The Kier molecular flexibility index (Phi) is 7.95. The van der Waals surface area contributed by atoms with Crippen LogP contribution in [0.2, 0.25) is 0 Å². The number of thioether (sulfide) groups is 2. The standard InChI is InChI=1S/C20H25N9O5S2/c21-12(10-4-2-1-3-5-10)15(30)24-13-16(31)29-14(18(32)33)11(8-35-17(13)29)9-36-20-25-26-27-28(20)7-6-23-19(22)34/h1-2,5,12-13,17H,3-4,6-9,21H2,(H,24,30)(H,32,33)(H3,22,23,34)/t12?,13?,17-/m1/s1. The van der Waals surface area contributed by atoms with E-state index in [1.165, 1.54) is 33.1 Å². The molecule has 1 fully saturated rings. The first-order chi connectivity index (χ1) is 17.3. The van der Waals surface area contributed by atoms with Crippen LogP contribution in [0.15, 0.2) is 40.2 Å². The zero-order valence-electron chi connectivity index (χ0n) is 19.0. The third-order valence-corrected chi connectivity index (χ3v) is 8.15. The second-order valence-electron chi connectivity index (χ2n) is 8.09. The fraction of sp³-hybridized carbons (Fsp3) is 0.450. The molecule has 3 atom stereocenters. The second kappa shape index (κ2) is 11.1. The lowest BCUT2D eigenvalue weighted by atomic mass is 9.97. The molecule has 36 heavy (non-hydrogen) atoms. The number of tetrazole rings is 1. The van der Waals surface area contributed by atoms with Crippen molar-refractivity contribution in [3.8, 4) is 0 Å². The number of hydrogen-bond donors (Lipinski definition) is 5. The number of aliphatic carboxylic acids is 1. The van der Waals surface area contributed by atoms with Gasteiger partial charge in [0.1, 0.15) is 23.2 Å². The number of nitrogens with one attached hydrogen (secondary N) is 2. The molecule has 1 aromatic heterocycles. The van der Waals surface area contributed by atoms with Crippen molar-refractivity contribution in [2.45, 2.75) is 42.0 Å². The van der Waals surface area contributed by atoms with Gasteiger partial charge in [0.05, 0.1) is 6.54 Å². The van der Waals surface area contributed by atoms with Gasteiger partial charge in [-0.05, 0) is 34.4 Å². The first-order valence-electron chi connectivity index (χ1n) is 11.0. The van der Waals surface area contributed by atoms with Crippen LogP contribution in [-0.2, 0) is 20.9 Å². The Bertz CT molecular complexity index is 1160. The average molecular weight is 536 g/mol. The summed E-state index contributed by atoms with van der Waals surface area (Å²) in [6, 6.07) is -2.38. The molecule has 0 aromatic carbocycles. The summed E-state index contributed by atoms with van der Waals surface area (Å²) < 4.78 is 1.46. The highest BCUT2D eigenvalue weighted by atomic mass is 32.2. The van der Waals surface area contributed by atoms with Gasteiger partial charge in [-0.25, -0.2) is 14.3 Å². The lowest BCUT2D eigenvalue weighted by molar-refractivity contribution is -0.150. The number of nitrogens with zero attached hydrogens (tertiary/aromatic N) is 5. The summed E-state index contributed by atoms with van der Waals surface area (Å²) in [5, 5.41) is 26.3. The number of amides is 4. The number of hydrogen-bond acceptors (Lipinski definition) is 10. The Morgan fingerprint density at radius 3 is 2.83 bits per heavy atom. The van der Waals surface area contributed by atoms with E-state index in [2.05, 4.69) is 26.2 Å². The number of nitrogens with two attached hydrogens (primary N) is 2. The molecule has 192 valence electrons. The summed E-state index contributed by atoms with van der Waals surface area (Å²) in [6.07, 6.45) is 7.10. The topological polar surface area (TPSA) is 211 Å². The number of rotatable bonds is 10. The molecule has 0 radical (unpaired) electrons. The number of primary amides is 1. The summed E-state index contributed by atoms with van der Waals surface area (Å²) in [5.74, 6) is -1.60. The number of aromatic nitrogens is 4. The van der Waals surface area contributed by atoms with Crippen molar-refractivity contribution >= 4 is 47.3 Å². The van der Waals surface area contributed by atoms with Gasteiger partial charge in [-0.1, -0.05) is 30.0 Å². The largest absolute Gasteiger partial charge is 0.477 e. The lowest BCUT2D eigenvalue weighted by Gasteiger charge is -2.49. The molecular weight excluding hydrogens is 510 g/mol. The van der Waals surface area contributed by atoms with Crippen LogP contribution in [0, 0.1) is 0 Å². The molecule has 7 N–H and O–H groups in total. The quantitative estimate of drug-likeness (QED) is 0.136. The number of carbonyl (C=O) groups is 4. The molecular formula is C20H25N9O5S2. The Morgan fingerprint density at radius 2 is 2.14 bits per heavy atom. The van der Waals surface area contributed by atoms with E-state index in [0.29, 0.717) is 29.3 Å². The maximum Gasteiger partial charge on any atom is 0.352 e. The van der Waals surface area contributed by atoms with Crippen molar-refractivity contribution in [2.75, 3.05) is 18.1 Å². The van der Waals surface area contributed by atoms with E-state index in [1.54, 1.807) is 0 Å². The van der Waals surface area contributed by atoms with E-state index in [4.69, 9.17) is 11.5 Å². The fourth-order valence-corrected chi connectivity index (χ4v) is 6.34. The highest BCUT2D eigenvalue weighted by molar-refractivity contribution is 8.01. The molecule has 0 saturated carbocycles. The highest BCUT2D eigenvalue weighted by Crippen LogP contribution is 2.41. The third kappa shape index (κ3) is 5.39. The van der Waals surface area contributed by atoms with Gasteiger partial charge in [0.2, 0.25) is 11.1 Å². The van der Waals surface area contributed by atoms with Crippen molar-refractivity contribution in [3.05, 3.63) is 35.1 Å². The van der Waals surface area contributed by atoms with Crippen LogP contribution in [0.25, 0.3) is 0 Å². The molecule has 0 spiro atoms. The first kappa shape index (κ1) is 25.7. The highest BCUT2D eigenvalue weighted by Gasteiger charge is 2.54. The van der Waals surface area contributed by atoms with Gasteiger partial charge < -0.3 is 27.2 Å². The third-order valence-electron chi connectivity index (χ3n) is 5.76. The predicted octanol–water partition coefficient (Wildman–Crippen LogP) is -1.22. The number of fused-ring (bicyclic) bond motifs is 1. The monoisotopic (exact) mass is 535 g/mol. The summed E-state index contributed by atoms with van der Waals surface area (Å²) in [6.45, 7) is 0.503. The van der Waals surface area contributed by atoms with Crippen LogP contribution in [0.4, 0.5) is 4.79 Å².